The third-order valence-corrected chi connectivity index (χ3v) is 4.45. The molecule has 2 aliphatic rings. The standard InChI is InChI=1S/C15H24N4O/c1-11(20)13-5-4-10-19(13)15-12(16)6-7-14(17-15)18-8-2-3-9-18/h6-7,11,13,20H,2-5,8-10,16H2,1H3. The third-order valence-electron chi connectivity index (χ3n) is 4.45. The highest BCUT2D eigenvalue weighted by Gasteiger charge is 2.31. The van der Waals surface area contributed by atoms with Gasteiger partial charge in [-0.2, -0.15) is 0 Å². The van der Waals surface area contributed by atoms with Gasteiger partial charge in [0.05, 0.1) is 17.8 Å². The van der Waals surface area contributed by atoms with Crippen molar-refractivity contribution < 1.29 is 5.11 Å². The summed E-state index contributed by atoms with van der Waals surface area (Å²) in [6.45, 7) is 4.94. The van der Waals surface area contributed by atoms with Gasteiger partial charge in [-0.15, -0.1) is 0 Å². The summed E-state index contributed by atoms with van der Waals surface area (Å²) < 4.78 is 0. The number of nitrogens with zero attached hydrogens (tertiary/aromatic N) is 3. The van der Waals surface area contributed by atoms with Gasteiger partial charge in [-0.05, 0) is 44.7 Å². The van der Waals surface area contributed by atoms with Crippen molar-refractivity contribution in [2.75, 3.05) is 35.2 Å². The highest BCUT2D eigenvalue weighted by molar-refractivity contribution is 5.67. The van der Waals surface area contributed by atoms with Crippen molar-refractivity contribution in [3.8, 4) is 0 Å². The molecule has 5 heteroatoms. The molecule has 0 radical (unpaired) electrons. The van der Waals surface area contributed by atoms with Crippen LogP contribution in [0.2, 0.25) is 0 Å². The number of pyridine rings is 1. The second-order valence-electron chi connectivity index (χ2n) is 5.92. The van der Waals surface area contributed by atoms with Gasteiger partial charge in [0.2, 0.25) is 0 Å². The number of aliphatic hydroxyl groups is 1. The number of aliphatic hydroxyl groups excluding tert-OH is 1. The zero-order valence-corrected chi connectivity index (χ0v) is 12.1. The van der Waals surface area contributed by atoms with Crippen LogP contribution >= 0.6 is 0 Å². The van der Waals surface area contributed by atoms with Crippen molar-refractivity contribution in [3.05, 3.63) is 12.1 Å². The van der Waals surface area contributed by atoms with E-state index in [1.54, 1.807) is 0 Å². The Morgan fingerprint density at radius 3 is 2.70 bits per heavy atom. The van der Waals surface area contributed by atoms with Gasteiger partial charge in [0.15, 0.2) is 5.82 Å². The van der Waals surface area contributed by atoms with Gasteiger partial charge < -0.3 is 20.6 Å². The van der Waals surface area contributed by atoms with Crippen molar-refractivity contribution in [2.24, 2.45) is 0 Å². The maximum absolute atomic E-state index is 9.93. The summed E-state index contributed by atoms with van der Waals surface area (Å²) in [5.41, 5.74) is 6.83. The summed E-state index contributed by atoms with van der Waals surface area (Å²) in [6.07, 6.45) is 4.22. The molecule has 3 rings (SSSR count). The van der Waals surface area contributed by atoms with E-state index in [1.165, 1.54) is 12.8 Å². The van der Waals surface area contributed by atoms with E-state index >= 15 is 0 Å². The van der Waals surface area contributed by atoms with Crippen molar-refractivity contribution in [1.82, 2.24) is 4.98 Å². The number of hydrogen-bond donors (Lipinski definition) is 2. The van der Waals surface area contributed by atoms with Gasteiger partial charge in [-0.3, -0.25) is 0 Å². The smallest absolute Gasteiger partial charge is 0.154 e. The van der Waals surface area contributed by atoms with Gasteiger partial charge in [-0.1, -0.05) is 0 Å². The minimum absolute atomic E-state index is 0.138. The molecule has 20 heavy (non-hydrogen) atoms. The molecule has 0 amide bonds. The van der Waals surface area contributed by atoms with Crippen LogP contribution in [-0.2, 0) is 0 Å². The quantitative estimate of drug-likeness (QED) is 0.878. The van der Waals surface area contributed by atoms with Crippen LogP contribution in [0.15, 0.2) is 12.1 Å². The molecule has 2 atom stereocenters. The van der Waals surface area contributed by atoms with E-state index < -0.39 is 0 Å². The minimum atomic E-state index is -0.353. The number of aromatic nitrogens is 1. The topological polar surface area (TPSA) is 65.6 Å². The fraction of sp³-hybridized carbons (Fsp3) is 0.667. The lowest BCUT2D eigenvalue weighted by Gasteiger charge is -2.30. The van der Waals surface area contributed by atoms with E-state index in [0.29, 0.717) is 5.69 Å². The Morgan fingerprint density at radius 2 is 2.00 bits per heavy atom. The van der Waals surface area contributed by atoms with Crippen LogP contribution in [-0.4, -0.2) is 41.9 Å². The molecule has 3 heterocycles. The fourth-order valence-corrected chi connectivity index (χ4v) is 3.36. The number of nitrogens with two attached hydrogens (primary N) is 1. The lowest BCUT2D eigenvalue weighted by molar-refractivity contribution is 0.164. The second kappa shape index (κ2) is 5.48. The van der Waals surface area contributed by atoms with E-state index in [4.69, 9.17) is 10.7 Å². The molecule has 0 aromatic carbocycles. The predicted molar refractivity (Wildman–Crippen MR) is 82.1 cm³/mol. The largest absolute Gasteiger partial charge is 0.396 e. The Kier molecular flexibility index (Phi) is 3.70. The molecule has 5 nitrogen and oxygen atoms in total. The molecular formula is C15H24N4O. The summed E-state index contributed by atoms with van der Waals surface area (Å²) in [5, 5.41) is 9.93. The molecule has 1 aromatic heterocycles. The van der Waals surface area contributed by atoms with Crippen LogP contribution in [0.3, 0.4) is 0 Å². The van der Waals surface area contributed by atoms with Gasteiger partial charge in [-0.25, -0.2) is 4.98 Å². The summed E-state index contributed by atoms with van der Waals surface area (Å²) in [4.78, 5) is 9.28. The fourth-order valence-electron chi connectivity index (χ4n) is 3.36. The molecule has 110 valence electrons. The first-order valence-electron chi connectivity index (χ1n) is 7.63. The van der Waals surface area contributed by atoms with Gasteiger partial charge in [0.25, 0.3) is 0 Å². The number of anilines is 3. The van der Waals surface area contributed by atoms with E-state index in [2.05, 4.69) is 9.80 Å². The lowest BCUT2D eigenvalue weighted by Crippen LogP contribution is -2.38. The van der Waals surface area contributed by atoms with E-state index in [1.807, 2.05) is 19.1 Å². The molecule has 2 fully saturated rings. The summed E-state index contributed by atoms with van der Waals surface area (Å²) in [5.74, 6) is 1.86. The Morgan fingerprint density at radius 1 is 1.25 bits per heavy atom. The highest BCUT2D eigenvalue weighted by Crippen LogP contribution is 2.32. The zero-order valence-electron chi connectivity index (χ0n) is 12.1. The molecule has 0 saturated carbocycles. The number of nitrogen functional groups attached to an aromatic ring is 1. The maximum atomic E-state index is 9.93. The SMILES string of the molecule is CC(O)C1CCCN1c1nc(N2CCCC2)ccc1N. The van der Waals surface area contributed by atoms with Crippen LogP contribution < -0.4 is 15.5 Å². The van der Waals surface area contributed by atoms with E-state index in [9.17, 15) is 5.11 Å². The van der Waals surface area contributed by atoms with Crippen molar-refractivity contribution in [1.29, 1.82) is 0 Å². The Labute approximate surface area is 120 Å². The molecular weight excluding hydrogens is 252 g/mol. The van der Waals surface area contributed by atoms with Gasteiger partial charge in [0, 0.05) is 19.6 Å². The van der Waals surface area contributed by atoms with E-state index in [0.717, 1.165) is 44.1 Å². The minimum Gasteiger partial charge on any atom is -0.396 e. The van der Waals surface area contributed by atoms with Crippen LogP contribution in [0.5, 0.6) is 0 Å². The van der Waals surface area contributed by atoms with E-state index in [-0.39, 0.29) is 12.1 Å². The first kappa shape index (κ1) is 13.5. The van der Waals surface area contributed by atoms with Crippen LogP contribution in [0.4, 0.5) is 17.3 Å². The average Bonchev–Trinajstić information content (AvgIpc) is 3.10. The molecule has 3 N–H and O–H groups in total. The predicted octanol–water partition coefficient (Wildman–Crippen LogP) is 1.61. The number of rotatable bonds is 3. The molecule has 1 aromatic rings. The Hall–Kier alpha value is -1.49. The first-order valence-corrected chi connectivity index (χ1v) is 7.63. The van der Waals surface area contributed by atoms with Crippen molar-refractivity contribution in [2.45, 2.75) is 44.8 Å². The maximum Gasteiger partial charge on any atom is 0.154 e. The van der Waals surface area contributed by atoms with Crippen LogP contribution in [0.25, 0.3) is 0 Å². The molecule has 0 bridgehead atoms. The summed E-state index contributed by atoms with van der Waals surface area (Å²) >= 11 is 0. The second-order valence-corrected chi connectivity index (χ2v) is 5.92. The third kappa shape index (κ3) is 2.42. The molecule has 2 unspecified atom stereocenters. The van der Waals surface area contributed by atoms with Crippen LogP contribution in [0, 0.1) is 0 Å². The molecule has 2 saturated heterocycles. The summed E-state index contributed by atoms with van der Waals surface area (Å²) in [7, 11) is 0. The van der Waals surface area contributed by atoms with Crippen molar-refractivity contribution in [3.63, 3.8) is 0 Å². The zero-order chi connectivity index (χ0) is 14.1. The number of hydrogen-bond acceptors (Lipinski definition) is 5. The lowest BCUT2D eigenvalue weighted by atomic mass is 10.1. The monoisotopic (exact) mass is 276 g/mol. The summed E-state index contributed by atoms with van der Waals surface area (Å²) in [6, 6.07) is 4.10. The Balaban J connectivity index is 1.89. The highest BCUT2D eigenvalue weighted by atomic mass is 16.3. The first-order chi connectivity index (χ1) is 9.66. The van der Waals surface area contributed by atoms with Crippen LogP contribution in [0.1, 0.15) is 32.6 Å². The Bertz CT molecular complexity index is 471. The average molecular weight is 276 g/mol. The van der Waals surface area contributed by atoms with Gasteiger partial charge >= 0.3 is 0 Å². The normalized spacial score (nSPS) is 24.4. The van der Waals surface area contributed by atoms with Crippen molar-refractivity contribution >= 4 is 17.3 Å². The van der Waals surface area contributed by atoms with Gasteiger partial charge in [0.1, 0.15) is 5.82 Å². The molecule has 2 aliphatic heterocycles. The molecule has 0 spiro atoms. The molecule has 0 aliphatic carbocycles.